The highest BCUT2D eigenvalue weighted by Crippen LogP contribution is 2.10. The van der Waals surface area contributed by atoms with Crippen LogP contribution in [0.5, 0.6) is 0 Å². The van der Waals surface area contributed by atoms with Crippen LogP contribution in [0.15, 0.2) is 24.3 Å². The van der Waals surface area contributed by atoms with Gasteiger partial charge in [-0.1, -0.05) is 6.07 Å². The third-order valence-electron chi connectivity index (χ3n) is 2.25. The van der Waals surface area contributed by atoms with Gasteiger partial charge in [0.2, 0.25) is 0 Å². The van der Waals surface area contributed by atoms with E-state index in [2.05, 4.69) is 15.4 Å². The van der Waals surface area contributed by atoms with E-state index in [-0.39, 0.29) is 11.6 Å². The van der Waals surface area contributed by atoms with Crippen LogP contribution in [-0.2, 0) is 7.05 Å². The van der Waals surface area contributed by atoms with E-state index in [0.29, 0.717) is 11.6 Å². The number of carbonyl (C=O) groups is 1. The molecule has 0 aliphatic rings. The Morgan fingerprint density at radius 1 is 1.47 bits per heavy atom. The van der Waals surface area contributed by atoms with E-state index < -0.39 is 0 Å². The average molecular weight is 231 g/mol. The first-order valence-electron chi connectivity index (χ1n) is 5.11. The topological polar surface area (TPSA) is 85.8 Å². The standard InChI is InChI=1S/C11H13N5O/c1-7-6-10(16(2)15-7)14-11(17)8-4-3-5-9(12)13-8/h3-6H,1-2H3,(H2,12,13)(H,14,17). The van der Waals surface area contributed by atoms with Crippen molar-refractivity contribution in [3.8, 4) is 0 Å². The molecule has 6 nitrogen and oxygen atoms in total. The summed E-state index contributed by atoms with van der Waals surface area (Å²) in [6.45, 7) is 1.86. The van der Waals surface area contributed by atoms with E-state index in [4.69, 9.17) is 5.73 Å². The number of pyridine rings is 1. The number of hydrogen-bond acceptors (Lipinski definition) is 4. The zero-order chi connectivity index (χ0) is 12.4. The molecule has 0 fully saturated rings. The molecule has 0 aromatic carbocycles. The van der Waals surface area contributed by atoms with Gasteiger partial charge in [0.1, 0.15) is 17.3 Å². The van der Waals surface area contributed by atoms with Crippen LogP contribution in [0.3, 0.4) is 0 Å². The van der Waals surface area contributed by atoms with Crippen LogP contribution < -0.4 is 11.1 Å². The number of nitrogen functional groups attached to an aromatic ring is 1. The maximum atomic E-state index is 11.9. The summed E-state index contributed by atoms with van der Waals surface area (Å²) in [6, 6.07) is 6.70. The van der Waals surface area contributed by atoms with E-state index in [1.54, 1.807) is 36.0 Å². The van der Waals surface area contributed by atoms with Crippen molar-refractivity contribution in [2.45, 2.75) is 6.92 Å². The molecule has 0 unspecified atom stereocenters. The minimum absolute atomic E-state index is 0.281. The van der Waals surface area contributed by atoms with Crippen molar-refractivity contribution in [2.75, 3.05) is 11.1 Å². The molecule has 3 N–H and O–H groups in total. The summed E-state index contributed by atoms with van der Waals surface area (Å²) >= 11 is 0. The van der Waals surface area contributed by atoms with Gasteiger partial charge in [-0.3, -0.25) is 9.48 Å². The molecule has 2 aromatic heterocycles. The number of aromatic nitrogens is 3. The maximum Gasteiger partial charge on any atom is 0.275 e. The summed E-state index contributed by atoms with van der Waals surface area (Å²) in [7, 11) is 1.76. The molecule has 6 heteroatoms. The minimum Gasteiger partial charge on any atom is -0.384 e. The summed E-state index contributed by atoms with van der Waals surface area (Å²) in [5.41, 5.74) is 6.63. The molecule has 17 heavy (non-hydrogen) atoms. The van der Waals surface area contributed by atoms with Crippen molar-refractivity contribution >= 4 is 17.5 Å². The van der Waals surface area contributed by atoms with Crippen LogP contribution in [0.25, 0.3) is 0 Å². The Labute approximate surface area is 98.5 Å². The van der Waals surface area contributed by atoms with Gasteiger partial charge in [0, 0.05) is 13.1 Å². The average Bonchev–Trinajstić information content (AvgIpc) is 2.57. The van der Waals surface area contributed by atoms with Gasteiger partial charge >= 0.3 is 0 Å². The normalized spacial score (nSPS) is 10.2. The maximum absolute atomic E-state index is 11.9. The van der Waals surface area contributed by atoms with Crippen molar-refractivity contribution in [3.05, 3.63) is 35.7 Å². The SMILES string of the molecule is Cc1cc(NC(=O)c2cccc(N)n2)n(C)n1. The van der Waals surface area contributed by atoms with Crippen LogP contribution in [0.4, 0.5) is 11.6 Å². The molecule has 2 aromatic rings. The lowest BCUT2D eigenvalue weighted by Gasteiger charge is -2.04. The lowest BCUT2D eigenvalue weighted by Crippen LogP contribution is -2.16. The molecular weight excluding hydrogens is 218 g/mol. The van der Waals surface area contributed by atoms with Crippen molar-refractivity contribution < 1.29 is 4.79 Å². The molecule has 1 amide bonds. The smallest absolute Gasteiger partial charge is 0.275 e. The predicted octanol–water partition coefficient (Wildman–Crippen LogP) is 0.958. The van der Waals surface area contributed by atoms with Crippen LogP contribution in [0.1, 0.15) is 16.2 Å². The number of carbonyl (C=O) groups excluding carboxylic acids is 1. The Bertz CT molecular complexity index is 561. The predicted molar refractivity (Wildman–Crippen MR) is 64.5 cm³/mol. The van der Waals surface area contributed by atoms with Crippen molar-refractivity contribution in [1.29, 1.82) is 0 Å². The van der Waals surface area contributed by atoms with Crippen molar-refractivity contribution in [3.63, 3.8) is 0 Å². The van der Waals surface area contributed by atoms with Crippen molar-refractivity contribution in [1.82, 2.24) is 14.8 Å². The van der Waals surface area contributed by atoms with E-state index >= 15 is 0 Å². The number of aryl methyl sites for hydroxylation is 2. The highest BCUT2D eigenvalue weighted by atomic mass is 16.2. The molecule has 88 valence electrons. The van der Waals surface area contributed by atoms with Crippen LogP contribution in [0, 0.1) is 6.92 Å². The van der Waals surface area contributed by atoms with Gasteiger partial charge in [-0.25, -0.2) is 4.98 Å². The number of hydrogen-bond donors (Lipinski definition) is 2. The number of nitrogens with two attached hydrogens (primary N) is 1. The number of amides is 1. The van der Waals surface area contributed by atoms with Gasteiger partial charge in [-0.2, -0.15) is 5.10 Å². The first kappa shape index (κ1) is 11.1. The van der Waals surface area contributed by atoms with Gasteiger partial charge in [0.05, 0.1) is 5.69 Å². The summed E-state index contributed by atoms with van der Waals surface area (Å²) in [5, 5.41) is 6.85. The van der Waals surface area contributed by atoms with E-state index in [9.17, 15) is 4.79 Å². The fourth-order valence-corrected chi connectivity index (χ4v) is 1.49. The summed E-state index contributed by atoms with van der Waals surface area (Å²) in [5.74, 6) is 0.635. The molecule has 2 rings (SSSR count). The second-order valence-electron chi connectivity index (χ2n) is 3.70. The number of nitrogens with one attached hydrogen (secondary N) is 1. The Hall–Kier alpha value is -2.37. The quantitative estimate of drug-likeness (QED) is 0.806. The first-order valence-corrected chi connectivity index (χ1v) is 5.11. The van der Waals surface area contributed by atoms with E-state index in [1.807, 2.05) is 6.92 Å². The second kappa shape index (κ2) is 4.25. The molecule has 0 atom stereocenters. The second-order valence-corrected chi connectivity index (χ2v) is 3.70. The molecule has 0 saturated heterocycles. The zero-order valence-electron chi connectivity index (χ0n) is 9.64. The largest absolute Gasteiger partial charge is 0.384 e. The minimum atomic E-state index is -0.305. The van der Waals surface area contributed by atoms with E-state index in [0.717, 1.165) is 5.69 Å². The van der Waals surface area contributed by atoms with Crippen LogP contribution in [0.2, 0.25) is 0 Å². The summed E-state index contributed by atoms with van der Waals surface area (Å²) in [6.07, 6.45) is 0. The van der Waals surface area contributed by atoms with Gasteiger partial charge in [-0.15, -0.1) is 0 Å². The lowest BCUT2D eigenvalue weighted by atomic mass is 10.3. The monoisotopic (exact) mass is 231 g/mol. The Morgan fingerprint density at radius 2 is 2.24 bits per heavy atom. The van der Waals surface area contributed by atoms with Gasteiger partial charge in [0.25, 0.3) is 5.91 Å². The van der Waals surface area contributed by atoms with Gasteiger partial charge < -0.3 is 11.1 Å². The van der Waals surface area contributed by atoms with Gasteiger partial charge in [0.15, 0.2) is 0 Å². The Kier molecular flexibility index (Phi) is 2.78. The highest BCUT2D eigenvalue weighted by Gasteiger charge is 2.10. The Balaban J connectivity index is 2.20. The highest BCUT2D eigenvalue weighted by molar-refractivity contribution is 6.02. The van der Waals surface area contributed by atoms with Crippen molar-refractivity contribution in [2.24, 2.45) is 7.05 Å². The molecule has 0 aliphatic heterocycles. The van der Waals surface area contributed by atoms with Crippen LogP contribution in [-0.4, -0.2) is 20.7 Å². The molecular formula is C11H13N5O. The molecule has 2 heterocycles. The number of rotatable bonds is 2. The van der Waals surface area contributed by atoms with Gasteiger partial charge in [-0.05, 0) is 19.1 Å². The molecule has 0 saturated carbocycles. The molecule has 0 spiro atoms. The fourth-order valence-electron chi connectivity index (χ4n) is 1.49. The van der Waals surface area contributed by atoms with Crippen LogP contribution >= 0.6 is 0 Å². The third-order valence-corrected chi connectivity index (χ3v) is 2.25. The lowest BCUT2D eigenvalue weighted by molar-refractivity contribution is 0.102. The Morgan fingerprint density at radius 3 is 2.82 bits per heavy atom. The molecule has 0 bridgehead atoms. The zero-order valence-corrected chi connectivity index (χ0v) is 9.64. The summed E-state index contributed by atoms with van der Waals surface area (Å²) < 4.78 is 1.60. The molecule has 0 aliphatic carbocycles. The number of nitrogens with zero attached hydrogens (tertiary/aromatic N) is 3. The number of anilines is 2. The van der Waals surface area contributed by atoms with E-state index in [1.165, 1.54) is 0 Å². The third kappa shape index (κ3) is 2.41. The molecule has 0 radical (unpaired) electrons. The first-order chi connectivity index (χ1) is 8.06. The summed E-state index contributed by atoms with van der Waals surface area (Å²) in [4.78, 5) is 15.8. The fraction of sp³-hybridized carbons (Fsp3) is 0.182.